The summed E-state index contributed by atoms with van der Waals surface area (Å²) in [5, 5.41) is 0. The van der Waals surface area contributed by atoms with E-state index in [9.17, 15) is 18.0 Å². The molecule has 1 aromatic rings. The molecule has 0 aliphatic rings. The van der Waals surface area contributed by atoms with Crippen molar-refractivity contribution in [2.45, 2.75) is 12.6 Å². The van der Waals surface area contributed by atoms with Crippen LogP contribution < -0.4 is 9.47 Å². The number of carbonyl (C=O) groups is 1. The molecule has 0 atom stereocenters. The fraction of sp³-hybridized carbons (Fsp3) is 0.364. The van der Waals surface area contributed by atoms with E-state index < -0.39 is 12.6 Å². The maximum Gasteiger partial charge on any atom is 0.393 e. The monoisotopic (exact) mass is 248 g/mol. The van der Waals surface area contributed by atoms with E-state index in [1.807, 2.05) is 0 Å². The molecule has 1 aromatic carbocycles. The van der Waals surface area contributed by atoms with Gasteiger partial charge in [-0.05, 0) is 12.1 Å². The van der Waals surface area contributed by atoms with Crippen molar-refractivity contribution in [2.75, 3.05) is 14.2 Å². The highest BCUT2D eigenvalue weighted by Crippen LogP contribution is 2.35. The minimum atomic E-state index is -4.37. The van der Waals surface area contributed by atoms with Crippen molar-refractivity contribution in [3.05, 3.63) is 23.3 Å². The zero-order valence-electron chi connectivity index (χ0n) is 9.30. The average molecular weight is 248 g/mol. The number of alkyl halides is 3. The van der Waals surface area contributed by atoms with Gasteiger partial charge in [0.2, 0.25) is 0 Å². The molecule has 0 aliphatic carbocycles. The maximum atomic E-state index is 12.4. The highest BCUT2D eigenvalue weighted by atomic mass is 19.4. The van der Waals surface area contributed by atoms with Crippen molar-refractivity contribution >= 4 is 6.29 Å². The van der Waals surface area contributed by atoms with Gasteiger partial charge in [-0.2, -0.15) is 13.2 Å². The standard InChI is InChI=1S/C11H11F3O3/c1-16-9-3-7(6-15)4-10(17-2)8(9)5-11(12,13)14/h3-4,6H,5H2,1-2H3. The van der Waals surface area contributed by atoms with E-state index in [4.69, 9.17) is 9.47 Å². The Bertz CT molecular complexity index is 388. The average Bonchev–Trinajstić information content (AvgIpc) is 2.27. The van der Waals surface area contributed by atoms with E-state index in [-0.39, 0.29) is 22.6 Å². The predicted molar refractivity (Wildman–Crippen MR) is 54.7 cm³/mol. The summed E-state index contributed by atoms with van der Waals surface area (Å²) >= 11 is 0. The van der Waals surface area contributed by atoms with Gasteiger partial charge in [0, 0.05) is 11.1 Å². The Morgan fingerprint density at radius 3 is 1.94 bits per heavy atom. The number of hydrogen-bond donors (Lipinski definition) is 0. The summed E-state index contributed by atoms with van der Waals surface area (Å²) < 4.78 is 46.8. The van der Waals surface area contributed by atoms with Gasteiger partial charge >= 0.3 is 6.18 Å². The zero-order chi connectivity index (χ0) is 13.1. The second-order valence-corrected chi connectivity index (χ2v) is 3.31. The van der Waals surface area contributed by atoms with Crippen molar-refractivity contribution in [3.8, 4) is 11.5 Å². The van der Waals surface area contributed by atoms with Gasteiger partial charge in [0.25, 0.3) is 0 Å². The van der Waals surface area contributed by atoms with Gasteiger partial charge in [0.05, 0.1) is 20.6 Å². The first-order chi connectivity index (χ1) is 7.91. The van der Waals surface area contributed by atoms with Gasteiger partial charge in [-0.25, -0.2) is 0 Å². The topological polar surface area (TPSA) is 35.5 Å². The number of hydrogen-bond acceptors (Lipinski definition) is 3. The second kappa shape index (κ2) is 5.07. The molecule has 0 saturated carbocycles. The smallest absolute Gasteiger partial charge is 0.393 e. The number of carbonyl (C=O) groups excluding carboxylic acids is 1. The molecule has 0 aromatic heterocycles. The van der Waals surface area contributed by atoms with Crippen LogP contribution in [0.1, 0.15) is 15.9 Å². The molecule has 94 valence electrons. The molecule has 0 N–H and O–H groups in total. The number of benzene rings is 1. The van der Waals surface area contributed by atoms with Crippen molar-refractivity contribution in [2.24, 2.45) is 0 Å². The largest absolute Gasteiger partial charge is 0.496 e. The minimum Gasteiger partial charge on any atom is -0.496 e. The van der Waals surface area contributed by atoms with Gasteiger partial charge < -0.3 is 9.47 Å². The van der Waals surface area contributed by atoms with E-state index in [0.29, 0.717) is 6.29 Å². The molecular formula is C11H11F3O3. The van der Waals surface area contributed by atoms with Gasteiger partial charge in [-0.1, -0.05) is 0 Å². The molecule has 1 rings (SSSR count). The van der Waals surface area contributed by atoms with E-state index in [1.54, 1.807) is 0 Å². The maximum absolute atomic E-state index is 12.4. The van der Waals surface area contributed by atoms with Gasteiger partial charge in [0.1, 0.15) is 17.8 Å². The molecule has 0 saturated heterocycles. The molecule has 0 amide bonds. The molecule has 17 heavy (non-hydrogen) atoms. The molecule has 0 fully saturated rings. The first-order valence-electron chi connectivity index (χ1n) is 4.68. The van der Waals surface area contributed by atoms with Crippen LogP contribution in [0.3, 0.4) is 0 Å². The summed E-state index contributed by atoms with van der Waals surface area (Å²) in [6, 6.07) is 2.49. The van der Waals surface area contributed by atoms with Crippen LogP contribution in [0, 0.1) is 0 Å². The molecule has 0 bridgehead atoms. The Morgan fingerprint density at radius 1 is 1.18 bits per heavy atom. The second-order valence-electron chi connectivity index (χ2n) is 3.31. The Morgan fingerprint density at radius 2 is 1.65 bits per heavy atom. The molecule has 0 heterocycles. The van der Waals surface area contributed by atoms with Crippen LogP contribution in [0.5, 0.6) is 11.5 Å². The van der Waals surface area contributed by atoms with Gasteiger partial charge in [-0.15, -0.1) is 0 Å². The van der Waals surface area contributed by atoms with E-state index in [0.717, 1.165) is 0 Å². The molecule has 0 aliphatic heterocycles. The quantitative estimate of drug-likeness (QED) is 0.768. The van der Waals surface area contributed by atoms with Crippen LogP contribution in [-0.2, 0) is 6.42 Å². The van der Waals surface area contributed by atoms with Crippen molar-refractivity contribution < 1.29 is 27.4 Å². The number of halogens is 3. The number of rotatable bonds is 4. The van der Waals surface area contributed by atoms with Gasteiger partial charge in [-0.3, -0.25) is 4.79 Å². The number of aldehydes is 1. The molecule has 3 nitrogen and oxygen atoms in total. The van der Waals surface area contributed by atoms with Crippen molar-refractivity contribution in [1.82, 2.24) is 0 Å². The Hall–Kier alpha value is -1.72. The third-order valence-corrected chi connectivity index (χ3v) is 2.14. The Labute approximate surface area is 96.1 Å². The Kier molecular flexibility index (Phi) is 3.98. The van der Waals surface area contributed by atoms with Crippen LogP contribution in [0.15, 0.2) is 12.1 Å². The van der Waals surface area contributed by atoms with E-state index >= 15 is 0 Å². The number of ether oxygens (including phenoxy) is 2. The highest BCUT2D eigenvalue weighted by molar-refractivity contribution is 5.77. The highest BCUT2D eigenvalue weighted by Gasteiger charge is 2.31. The molecule has 0 radical (unpaired) electrons. The van der Waals surface area contributed by atoms with E-state index in [2.05, 4.69) is 0 Å². The first-order valence-corrected chi connectivity index (χ1v) is 4.68. The fourth-order valence-corrected chi connectivity index (χ4v) is 1.45. The van der Waals surface area contributed by atoms with Crippen LogP contribution in [-0.4, -0.2) is 26.7 Å². The summed E-state index contributed by atoms with van der Waals surface area (Å²) in [5.41, 5.74) is 0.0812. The lowest BCUT2D eigenvalue weighted by atomic mass is 10.1. The Balaban J connectivity index is 3.29. The fourth-order valence-electron chi connectivity index (χ4n) is 1.45. The SMILES string of the molecule is COc1cc(C=O)cc(OC)c1CC(F)(F)F. The van der Waals surface area contributed by atoms with Crippen LogP contribution in [0.2, 0.25) is 0 Å². The van der Waals surface area contributed by atoms with E-state index in [1.165, 1.54) is 26.4 Å². The third-order valence-electron chi connectivity index (χ3n) is 2.14. The van der Waals surface area contributed by atoms with Crippen LogP contribution >= 0.6 is 0 Å². The summed E-state index contributed by atoms with van der Waals surface area (Å²) in [7, 11) is 2.48. The molecule has 0 unspecified atom stereocenters. The summed E-state index contributed by atoms with van der Waals surface area (Å²) in [4.78, 5) is 10.6. The third kappa shape index (κ3) is 3.37. The van der Waals surface area contributed by atoms with Crippen molar-refractivity contribution in [1.29, 1.82) is 0 Å². The molecule has 6 heteroatoms. The summed E-state index contributed by atoms with van der Waals surface area (Å²) in [6.45, 7) is 0. The first kappa shape index (κ1) is 13.3. The van der Waals surface area contributed by atoms with Crippen molar-refractivity contribution in [3.63, 3.8) is 0 Å². The normalized spacial score (nSPS) is 11.1. The minimum absolute atomic E-state index is 0.0104. The predicted octanol–water partition coefficient (Wildman–Crippen LogP) is 2.62. The summed E-state index contributed by atoms with van der Waals surface area (Å²) in [5.74, 6) is -0.0208. The lowest BCUT2D eigenvalue weighted by Gasteiger charge is -2.15. The lowest BCUT2D eigenvalue weighted by Crippen LogP contribution is -2.13. The zero-order valence-corrected chi connectivity index (χ0v) is 9.30. The van der Waals surface area contributed by atoms with Crippen LogP contribution in [0.4, 0.5) is 13.2 Å². The molecular weight excluding hydrogens is 237 g/mol. The lowest BCUT2D eigenvalue weighted by molar-refractivity contribution is -0.127. The number of methoxy groups -OCH3 is 2. The summed E-state index contributed by atoms with van der Waals surface area (Å²) in [6.07, 6.45) is -5.02. The van der Waals surface area contributed by atoms with Crippen LogP contribution in [0.25, 0.3) is 0 Å². The molecule has 0 spiro atoms. The van der Waals surface area contributed by atoms with Gasteiger partial charge in [0.15, 0.2) is 0 Å².